The van der Waals surface area contributed by atoms with E-state index in [0.29, 0.717) is 5.52 Å². The van der Waals surface area contributed by atoms with Crippen molar-refractivity contribution in [1.82, 2.24) is 15.0 Å². The Morgan fingerprint density at radius 1 is 1.33 bits per heavy atom. The standard InChI is InChI=1S/C12H7N3O2S/c16-12(17)8-4-10-9(6-14-8)15-11(18-10)7-2-1-3-13-5-7/h1-6H,(H,16,17). The molecule has 0 aliphatic carbocycles. The van der Waals surface area contributed by atoms with Gasteiger partial charge in [0, 0.05) is 18.0 Å². The average molecular weight is 257 g/mol. The largest absolute Gasteiger partial charge is 0.477 e. The van der Waals surface area contributed by atoms with Gasteiger partial charge in [-0.15, -0.1) is 11.3 Å². The Bertz CT molecular complexity index is 725. The molecule has 0 spiro atoms. The third kappa shape index (κ3) is 1.82. The van der Waals surface area contributed by atoms with Crippen LogP contribution in [0, 0.1) is 0 Å². The molecule has 0 atom stereocenters. The van der Waals surface area contributed by atoms with E-state index in [-0.39, 0.29) is 5.69 Å². The van der Waals surface area contributed by atoms with Crippen molar-refractivity contribution in [3.8, 4) is 10.6 Å². The molecule has 0 amide bonds. The van der Waals surface area contributed by atoms with Crippen LogP contribution >= 0.6 is 11.3 Å². The first-order valence-corrected chi connectivity index (χ1v) is 5.96. The Hall–Kier alpha value is -2.34. The first-order chi connectivity index (χ1) is 8.74. The fraction of sp³-hybridized carbons (Fsp3) is 0. The number of carboxylic acids is 1. The lowest BCUT2D eigenvalue weighted by Gasteiger charge is -1.91. The molecule has 0 saturated carbocycles. The molecule has 18 heavy (non-hydrogen) atoms. The number of nitrogens with zero attached hydrogens (tertiary/aromatic N) is 3. The predicted molar refractivity (Wildman–Crippen MR) is 67.6 cm³/mol. The van der Waals surface area contributed by atoms with Gasteiger partial charge < -0.3 is 5.11 Å². The van der Waals surface area contributed by atoms with Crippen LogP contribution in [0.1, 0.15) is 10.5 Å². The summed E-state index contributed by atoms with van der Waals surface area (Å²) in [6, 6.07) is 5.29. The summed E-state index contributed by atoms with van der Waals surface area (Å²) in [5, 5.41) is 9.69. The zero-order chi connectivity index (χ0) is 12.5. The van der Waals surface area contributed by atoms with E-state index in [2.05, 4.69) is 15.0 Å². The van der Waals surface area contributed by atoms with Crippen LogP contribution in [0.5, 0.6) is 0 Å². The summed E-state index contributed by atoms with van der Waals surface area (Å²) in [6.45, 7) is 0. The lowest BCUT2D eigenvalue weighted by molar-refractivity contribution is 0.0691. The maximum absolute atomic E-state index is 10.8. The molecule has 3 aromatic rings. The maximum Gasteiger partial charge on any atom is 0.354 e. The number of hydrogen-bond acceptors (Lipinski definition) is 5. The summed E-state index contributed by atoms with van der Waals surface area (Å²) in [7, 11) is 0. The Labute approximate surface area is 106 Å². The van der Waals surface area contributed by atoms with Gasteiger partial charge in [0.05, 0.1) is 10.9 Å². The minimum atomic E-state index is -1.03. The second-order valence-corrected chi connectivity index (χ2v) is 4.63. The summed E-state index contributed by atoms with van der Waals surface area (Å²) in [4.78, 5) is 23.1. The normalized spacial score (nSPS) is 10.7. The van der Waals surface area contributed by atoms with Crippen molar-refractivity contribution in [3.63, 3.8) is 0 Å². The van der Waals surface area contributed by atoms with Gasteiger partial charge in [0.15, 0.2) is 0 Å². The Morgan fingerprint density at radius 2 is 2.22 bits per heavy atom. The van der Waals surface area contributed by atoms with Crippen molar-refractivity contribution in [2.45, 2.75) is 0 Å². The molecular weight excluding hydrogens is 250 g/mol. The molecule has 0 radical (unpaired) electrons. The van der Waals surface area contributed by atoms with Crippen molar-refractivity contribution < 1.29 is 9.90 Å². The maximum atomic E-state index is 10.8. The van der Waals surface area contributed by atoms with E-state index in [0.717, 1.165) is 15.3 Å². The van der Waals surface area contributed by atoms with Crippen LogP contribution in [-0.2, 0) is 0 Å². The zero-order valence-electron chi connectivity index (χ0n) is 9.07. The lowest BCUT2D eigenvalue weighted by Crippen LogP contribution is -1.98. The summed E-state index contributed by atoms with van der Waals surface area (Å²) in [5.41, 5.74) is 1.64. The van der Waals surface area contributed by atoms with Gasteiger partial charge >= 0.3 is 5.97 Å². The van der Waals surface area contributed by atoms with Gasteiger partial charge in [0.1, 0.15) is 16.2 Å². The molecule has 0 aliphatic heterocycles. The topological polar surface area (TPSA) is 76.0 Å². The molecule has 0 aliphatic rings. The summed E-state index contributed by atoms with van der Waals surface area (Å²) in [5.74, 6) is -1.03. The van der Waals surface area contributed by atoms with E-state index >= 15 is 0 Å². The fourth-order valence-corrected chi connectivity index (χ4v) is 2.53. The van der Waals surface area contributed by atoms with Gasteiger partial charge in [0.2, 0.25) is 0 Å². The van der Waals surface area contributed by atoms with E-state index in [1.54, 1.807) is 12.4 Å². The molecular formula is C12H7N3O2S. The van der Waals surface area contributed by atoms with E-state index in [9.17, 15) is 4.79 Å². The highest BCUT2D eigenvalue weighted by Crippen LogP contribution is 2.29. The minimum Gasteiger partial charge on any atom is -0.477 e. The number of hydrogen-bond donors (Lipinski definition) is 1. The Balaban J connectivity index is 2.14. The lowest BCUT2D eigenvalue weighted by atomic mass is 10.3. The van der Waals surface area contributed by atoms with Crippen LogP contribution in [0.3, 0.4) is 0 Å². The van der Waals surface area contributed by atoms with Gasteiger partial charge in [-0.1, -0.05) is 0 Å². The van der Waals surface area contributed by atoms with E-state index < -0.39 is 5.97 Å². The van der Waals surface area contributed by atoms with Gasteiger partial charge in [-0.2, -0.15) is 0 Å². The zero-order valence-corrected chi connectivity index (χ0v) is 9.89. The molecule has 1 N–H and O–H groups in total. The van der Waals surface area contributed by atoms with Gasteiger partial charge in [-0.25, -0.2) is 14.8 Å². The van der Waals surface area contributed by atoms with Crippen molar-refractivity contribution in [1.29, 1.82) is 0 Å². The number of rotatable bonds is 2. The molecule has 3 heterocycles. The van der Waals surface area contributed by atoms with Crippen LogP contribution < -0.4 is 0 Å². The number of pyridine rings is 2. The molecule has 0 aromatic carbocycles. The highest BCUT2D eigenvalue weighted by molar-refractivity contribution is 7.21. The van der Waals surface area contributed by atoms with E-state index in [1.165, 1.54) is 23.6 Å². The monoisotopic (exact) mass is 257 g/mol. The molecule has 0 saturated heterocycles. The van der Waals surface area contributed by atoms with Crippen LogP contribution in [0.2, 0.25) is 0 Å². The van der Waals surface area contributed by atoms with Crippen LogP contribution in [-0.4, -0.2) is 26.0 Å². The molecule has 0 unspecified atom stereocenters. The number of carboxylic acid groups (broad SMARTS) is 1. The summed E-state index contributed by atoms with van der Waals surface area (Å²) in [6.07, 6.45) is 4.90. The minimum absolute atomic E-state index is 0.0314. The number of carbonyl (C=O) groups is 1. The molecule has 0 fully saturated rings. The summed E-state index contributed by atoms with van der Waals surface area (Å²) >= 11 is 1.43. The number of aromatic carboxylic acids is 1. The third-order valence-electron chi connectivity index (χ3n) is 2.40. The quantitative estimate of drug-likeness (QED) is 0.763. The molecule has 3 aromatic heterocycles. The first kappa shape index (κ1) is 10.8. The molecule has 3 rings (SSSR count). The Kier molecular flexibility index (Phi) is 2.49. The van der Waals surface area contributed by atoms with E-state index in [4.69, 9.17) is 5.11 Å². The van der Waals surface area contributed by atoms with Crippen molar-refractivity contribution in [2.24, 2.45) is 0 Å². The third-order valence-corrected chi connectivity index (χ3v) is 3.47. The Morgan fingerprint density at radius 3 is 2.94 bits per heavy atom. The number of thiazole rings is 1. The van der Waals surface area contributed by atoms with Gasteiger partial charge in [-0.05, 0) is 18.2 Å². The molecule has 6 heteroatoms. The molecule has 0 bridgehead atoms. The van der Waals surface area contributed by atoms with Gasteiger partial charge in [-0.3, -0.25) is 4.98 Å². The van der Waals surface area contributed by atoms with Crippen molar-refractivity contribution >= 4 is 27.5 Å². The molecule has 88 valence electrons. The summed E-state index contributed by atoms with van der Waals surface area (Å²) < 4.78 is 0.807. The number of aromatic nitrogens is 3. The highest BCUT2D eigenvalue weighted by Gasteiger charge is 2.10. The van der Waals surface area contributed by atoms with Crippen molar-refractivity contribution in [3.05, 3.63) is 42.5 Å². The van der Waals surface area contributed by atoms with Crippen molar-refractivity contribution in [2.75, 3.05) is 0 Å². The van der Waals surface area contributed by atoms with E-state index in [1.807, 2.05) is 12.1 Å². The second kappa shape index (κ2) is 4.15. The SMILES string of the molecule is O=C(O)c1cc2sc(-c3cccnc3)nc2cn1. The average Bonchev–Trinajstić information content (AvgIpc) is 2.82. The number of fused-ring (bicyclic) bond motifs is 1. The smallest absolute Gasteiger partial charge is 0.354 e. The first-order valence-electron chi connectivity index (χ1n) is 5.14. The molecule has 5 nitrogen and oxygen atoms in total. The van der Waals surface area contributed by atoms with Crippen LogP contribution in [0.15, 0.2) is 36.8 Å². The fourth-order valence-electron chi connectivity index (χ4n) is 1.56. The van der Waals surface area contributed by atoms with Gasteiger partial charge in [0.25, 0.3) is 0 Å². The van der Waals surface area contributed by atoms with Crippen LogP contribution in [0.25, 0.3) is 20.8 Å². The van der Waals surface area contributed by atoms with Crippen LogP contribution in [0.4, 0.5) is 0 Å². The predicted octanol–water partition coefficient (Wildman–Crippen LogP) is 2.45. The second-order valence-electron chi connectivity index (χ2n) is 3.60. The highest BCUT2D eigenvalue weighted by atomic mass is 32.1.